The van der Waals surface area contributed by atoms with Crippen molar-refractivity contribution in [2.45, 2.75) is 63.4 Å². The number of carbonyl (C=O) groups excluding carboxylic acids is 2. The Morgan fingerprint density at radius 1 is 0.617 bits per heavy atom. The van der Waals surface area contributed by atoms with Crippen LogP contribution < -0.4 is 54.7 Å². The molecule has 0 bridgehead atoms. The number of sulfonamides is 2. The molecule has 2 amide bonds. The Bertz CT molecular complexity index is 2270. The molecule has 0 fully saturated rings. The van der Waals surface area contributed by atoms with Crippen molar-refractivity contribution in [2.24, 2.45) is 20.5 Å². The number of amides is 2. The summed E-state index contributed by atoms with van der Waals surface area (Å²) < 4.78 is 53.9. The minimum atomic E-state index is -3.83. The van der Waals surface area contributed by atoms with E-state index < -0.39 is 49.1 Å². The number of allylic oxidation sites excluding steroid dienone is 2. The van der Waals surface area contributed by atoms with Crippen LogP contribution in [0.4, 0.5) is 22.7 Å². The first-order valence-corrected chi connectivity index (χ1v) is 20.2. The van der Waals surface area contributed by atoms with E-state index >= 15 is 0 Å². The summed E-state index contributed by atoms with van der Waals surface area (Å²) in [5.41, 5.74) is -0.321. The van der Waals surface area contributed by atoms with Gasteiger partial charge in [0.2, 0.25) is 20.0 Å². The van der Waals surface area contributed by atoms with Gasteiger partial charge < -0.3 is 31.1 Å². The van der Waals surface area contributed by atoms with Gasteiger partial charge in [0.05, 0.1) is 9.79 Å². The van der Waals surface area contributed by atoms with E-state index in [0.29, 0.717) is 11.4 Å². The van der Waals surface area contributed by atoms with Gasteiger partial charge in [-0.05, 0) is 95.3 Å². The first-order chi connectivity index (χ1) is 27.2. The van der Waals surface area contributed by atoms with Crippen molar-refractivity contribution in [1.29, 1.82) is 0 Å². The third kappa shape index (κ3) is 16.6. The van der Waals surface area contributed by atoms with Crippen LogP contribution in [0.1, 0.15) is 41.5 Å². The number of benzene rings is 4. The van der Waals surface area contributed by atoms with Crippen molar-refractivity contribution in [3.05, 3.63) is 120 Å². The Kier molecular flexibility index (Phi) is 21.5. The molecule has 0 unspecified atom stereocenters. The third-order valence-corrected chi connectivity index (χ3v) is 10.3. The maximum Gasteiger partial charge on any atom is 1.00 e. The fourth-order valence-electron chi connectivity index (χ4n) is 4.45. The predicted molar refractivity (Wildman–Crippen MR) is 214 cm³/mol. The van der Waals surface area contributed by atoms with E-state index in [0.717, 1.165) is 31.2 Å². The number of rotatable bonds is 14. The number of phenolic OH excluding ortho intramolecular Hbond substituents is 2. The van der Waals surface area contributed by atoms with Gasteiger partial charge in [-0.15, -0.1) is 26.2 Å². The van der Waals surface area contributed by atoms with Crippen LogP contribution in [0.15, 0.2) is 150 Å². The maximum atomic E-state index is 12.4. The smallest absolute Gasteiger partial charge is 0.874 e. The number of aliphatic hydroxyl groups is 1. The number of carbonyl (C=O) groups is 2. The molecular weight excluding hydrogens is 875 g/mol. The van der Waals surface area contributed by atoms with Gasteiger partial charge in [-0.3, -0.25) is 9.59 Å². The van der Waals surface area contributed by atoms with Gasteiger partial charge in [0.25, 0.3) is 11.8 Å². The van der Waals surface area contributed by atoms with E-state index in [1.165, 1.54) is 19.1 Å². The number of nitrogens with zero attached hydrogens (tertiary/aromatic N) is 4. The standard InChI is InChI=1S/2C19H22N4O5S.Co.Na/c2*1-12(2)23-29(27,28)15-9-10-17(25)16(11-15)21-22-18(13(3)24)19(26)20-14-7-5-4-6-8-14;;/h2*4-12,23-25H,1-3H3,(H,20,26);;/q;;;+1/p-1/b2*18-13-,22-21?;;. The summed E-state index contributed by atoms with van der Waals surface area (Å²) in [5, 5.41) is 61.4. The molecule has 4 rings (SSSR count). The Morgan fingerprint density at radius 3 is 1.30 bits per heavy atom. The summed E-state index contributed by atoms with van der Waals surface area (Å²) >= 11 is 0. The molecule has 18 nitrogen and oxygen atoms in total. The first kappa shape index (κ1) is 53.0. The minimum Gasteiger partial charge on any atom is -0.874 e. The van der Waals surface area contributed by atoms with Crippen molar-refractivity contribution in [3.63, 3.8) is 0 Å². The van der Waals surface area contributed by atoms with E-state index in [2.05, 4.69) is 40.5 Å². The molecule has 0 aliphatic rings. The Labute approximate surface area is 380 Å². The number of azo groups is 2. The topological polar surface area (TPSA) is 284 Å². The second kappa shape index (κ2) is 24.3. The molecule has 0 aliphatic carbocycles. The zero-order valence-electron chi connectivity index (χ0n) is 33.5. The quantitative estimate of drug-likeness (QED) is 0.0420. The molecule has 4 aromatic carbocycles. The summed E-state index contributed by atoms with van der Waals surface area (Å²) in [5.74, 6) is -3.24. The molecule has 0 spiro atoms. The second-order valence-corrected chi connectivity index (χ2v) is 16.2. The first-order valence-electron chi connectivity index (χ1n) is 17.2. The number of anilines is 2. The Hall–Kier alpha value is -4.97. The number of para-hydroxylation sites is 2. The molecular formula is C38H43CoN8NaO10S2. The SMILES string of the molecule is C/C(O)=C(/N=Nc1cc(S(=O)(=O)NC(C)C)ccc1O)C(=O)Nc1ccccc1.C/C([O-])=C(/N=Nc1cc(S(=O)(=O)NC(C)C)ccc1O)C(=O)Nc1ccccc1.[Co].[Na+]. The number of hydrogen-bond acceptors (Lipinski definition) is 14. The van der Waals surface area contributed by atoms with Gasteiger partial charge in [-0.2, -0.15) is 0 Å². The van der Waals surface area contributed by atoms with E-state index in [1.807, 2.05) is 0 Å². The number of hydrogen-bond donors (Lipinski definition) is 7. The summed E-state index contributed by atoms with van der Waals surface area (Å²) in [6, 6.07) is 23.2. The van der Waals surface area contributed by atoms with Crippen molar-refractivity contribution in [1.82, 2.24) is 9.44 Å². The van der Waals surface area contributed by atoms with Gasteiger partial charge in [0.15, 0.2) is 5.70 Å². The molecule has 0 saturated heterocycles. The molecule has 0 heterocycles. The average Bonchev–Trinajstić information content (AvgIpc) is 3.13. The van der Waals surface area contributed by atoms with Crippen molar-refractivity contribution in [2.75, 3.05) is 10.6 Å². The molecule has 22 heteroatoms. The van der Waals surface area contributed by atoms with Crippen molar-refractivity contribution in [3.8, 4) is 11.5 Å². The number of nitrogens with one attached hydrogen (secondary N) is 4. The molecule has 7 N–H and O–H groups in total. The van der Waals surface area contributed by atoms with Crippen molar-refractivity contribution >= 4 is 54.6 Å². The maximum absolute atomic E-state index is 12.4. The van der Waals surface area contributed by atoms with E-state index in [4.69, 9.17) is 0 Å². The summed E-state index contributed by atoms with van der Waals surface area (Å²) in [6.45, 7) is 9.07. The van der Waals surface area contributed by atoms with Crippen LogP contribution >= 0.6 is 0 Å². The van der Waals surface area contributed by atoms with Gasteiger partial charge in [-0.25, -0.2) is 26.3 Å². The zero-order chi connectivity index (χ0) is 43.2. The zero-order valence-corrected chi connectivity index (χ0v) is 38.2. The van der Waals surface area contributed by atoms with Crippen LogP contribution in [-0.4, -0.2) is 56.1 Å². The van der Waals surface area contributed by atoms with Gasteiger partial charge in [0.1, 0.15) is 34.3 Å². The van der Waals surface area contributed by atoms with Crippen LogP contribution in [0, 0.1) is 0 Å². The van der Waals surface area contributed by atoms with E-state index in [9.17, 15) is 46.9 Å². The van der Waals surface area contributed by atoms with E-state index in [1.54, 1.807) is 88.4 Å². The molecule has 0 saturated carbocycles. The largest absolute Gasteiger partial charge is 1.00 e. The summed E-state index contributed by atoms with van der Waals surface area (Å²) in [7, 11) is -7.64. The van der Waals surface area contributed by atoms with Gasteiger partial charge >= 0.3 is 29.6 Å². The third-order valence-electron chi connectivity index (χ3n) is 6.98. The van der Waals surface area contributed by atoms with Crippen LogP contribution in [0.3, 0.4) is 0 Å². The predicted octanol–water partition coefficient (Wildman–Crippen LogP) is 2.99. The molecule has 1 radical (unpaired) electrons. The molecule has 0 aliphatic heterocycles. The molecule has 0 aromatic heterocycles. The van der Waals surface area contributed by atoms with Crippen LogP contribution in [0.2, 0.25) is 0 Å². The fraction of sp³-hybridized carbons (Fsp3) is 0.211. The molecule has 60 heavy (non-hydrogen) atoms. The van der Waals surface area contributed by atoms with E-state index in [-0.39, 0.29) is 96.8 Å². The average molecular weight is 918 g/mol. The summed E-state index contributed by atoms with van der Waals surface area (Å²) in [6.07, 6.45) is 0. The molecule has 317 valence electrons. The minimum absolute atomic E-state index is 0. The molecule has 4 aromatic rings. The number of aliphatic hydroxyl groups excluding tert-OH is 1. The van der Waals surface area contributed by atoms with Gasteiger partial charge in [-0.1, -0.05) is 43.3 Å². The number of aromatic hydroxyl groups is 2. The monoisotopic (exact) mass is 917 g/mol. The van der Waals surface area contributed by atoms with Crippen LogP contribution in [0.25, 0.3) is 0 Å². The molecule has 0 atom stereocenters. The van der Waals surface area contributed by atoms with Crippen LogP contribution in [0.5, 0.6) is 11.5 Å². The Balaban J connectivity index is 0.000000581. The second-order valence-electron chi connectivity index (χ2n) is 12.7. The van der Waals surface area contributed by atoms with Gasteiger partial charge in [0, 0.05) is 40.2 Å². The summed E-state index contributed by atoms with van der Waals surface area (Å²) in [4.78, 5) is 24.4. The van der Waals surface area contributed by atoms with Crippen LogP contribution in [-0.2, 0) is 46.4 Å². The number of phenols is 2. The Morgan fingerprint density at radius 2 is 0.967 bits per heavy atom. The fourth-order valence-corrected chi connectivity index (χ4v) is 6.99. The van der Waals surface area contributed by atoms with Crippen molar-refractivity contribution < 1.29 is 93.2 Å². The normalized spacial score (nSPS) is 12.4.